The molecule has 0 aliphatic rings. The second-order valence-corrected chi connectivity index (χ2v) is 6.29. The minimum atomic E-state index is -0.326. The Morgan fingerprint density at radius 2 is 1.88 bits per heavy atom. The number of anilines is 1. The summed E-state index contributed by atoms with van der Waals surface area (Å²) in [6.07, 6.45) is 5.22. The van der Waals surface area contributed by atoms with E-state index in [2.05, 4.69) is 29.0 Å². The zero-order valence-electron chi connectivity index (χ0n) is 15.1. The van der Waals surface area contributed by atoms with E-state index in [4.69, 9.17) is 5.73 Å². The van der Waals surface area contributed by atoms with Crippen molar-refractivity contribution in [3.63, 3.8) is 0 Å². The summed E-state index contributed by atoms with van der Waals surface area (Å²) in [6.45, 7) is 5.46. The van der Waals surface area contributed by atoms with Crippen LogP contribution in [-0.2, 0) is 11.3 Å². The van der Waals surface area contributed by atoms with Crippen LogP contribution in [0.4, 0.5) is 5.69 Å². The molecule has 134 valence electrons. The zero-order valence-corrected chi connectivity index (χ0v) is 15.1. The van der Waals surface area contributed by atoms with E-state index in [9.17, 15) is 4.79 Å². The number of hydrogen-bond donors (Lipinski definition) is 2. The van der Waals surface area contributed by atoms with Gasteiger partial charge in [-0.2, -0.15) is 0 Å². The highest BCUT2D eigenvalue weighted by atomic mass is 16.2. The normalized spacial score (nSPS) is 11.2. The molecule has 2 aromatic rings. The molecule has 0 aliphatic heterocycles. The molecular formula is C20H28N4O. The molecule has 3 N–H and O–H groups in total. The molecule has 0 saturated heterocycles. The summed E-state index contributed by atoms with van der Waals surface area (Å²) >= 11 is 0. The number of carbonyl (C=O) groups excluding carboxylic acids is 1. The number of nitrogens with one attached hydrogen (secondary N) is 1. The molecule has 5 heteroatoms. The van der Waals surface area contributed by atoms with E-state index in [1.807, 2.05) is 48.7 Å². The van der Waals surface area contributed by atoms with Gasteiger partial charge in [0, 0.05) is 31.2 Å². The minimum absolute atomic E-state index is 0.0121. The number of nitrogens with zero attached hydrogens (tertiary/aromatic N) is 2. The molecule has 1 aromatic carbocycles. The van der Waals surface area contributed by atoms with E-state index in [0.29, 0.717) is 13.1 Å². The lowest BCUT2D eigenvalue weighted by atomic mass is 9.93. The first-order chi connectivity index (χ1) is 12.1. The van der Waals surface area contributed by atoms with E-state index in [1.54, 1.807) is 6.20 Å². The molecule has 1 heterocycles. The molecule has 25 heavy (non-hydrogen) atoms. The second-order valence-electron chi connectivity index (χ2n) is 6.29. The van der Waals surface area contributed by atoms with Gasteiger partial charge in [-0.15, -0.1) is 0 Å². The van der Waals surface area contributed by atoms with Gasteiger partial charge in [0.2, 0.25) is 5.91 Å². The summed E-state index contributed by atoms with van der Waals surface area (Å²) in [5.74, 6) is -0.0121. The average Bonchev–Trinajstić information content (AvgIpc) is 2.67. The number of para-hydroxylation sites is 1. The maximum atomic E-state index is 12.7. The Bertz CT molecular complexity index is 633. The molecule has 0 bridgehead atoms. The molecule has 1 aromatic heterocycles. The van der Waals surface area contributed by atoms with Crippen LogP contribution in [0, 0.1) is 0 Å². The van der Waals surface area contributed by atoms with Gasteiger partial charge in [0.25, 0.3) is 0 Å². The van der Waals surface area contributed by atoms with Gasteiger partial charge < -0.3 is 16.0 Å². The van der Waals surface area contributed by atoms with Crippen LogP contribution in [0.2, 0.25) is 0 Å². The van der Waals surface area contributed by atoms with E-state index >= 15 is 0 Å². The lowest BCUT2D eigenvalue weighted by Crippen LogP contribution is -2.55. The largest absolute Gasteiger partial charge is 0.358 e. The molecule has 0 saturated carbocycles. The van der Waals surface area contributed by atoms with Crippen molar-refractivity contribution in [3.8, 4) is 0 Å². The molecule has 0 atom stereocenters. The smallest absolute Gasteiger partial charge is 0.240 e. The van der Waals surface area contributed by atoms with E-state index in [-0.39, 0.29) is 18.0 Å². The van der Waals surface area contributed by atoms with Crippen LogP contribution in [0.25, 0.3) is 0 Å². The van der Waals surface area contributed by atoms with Crippen molar-refractivity contribution in [2.75, 3.05) is 18.0 Å². The summed E-state index contributed by atoms with van der Waals surface area (Å²) in [4.78, 5) is 18.9. The highest BCUT2D eigenvalue weighted by Gasteiger charge is 2.27. The topological polar surface area (TPSA) is 71.2 Å². The van der Waals surface area contributed by atoms with E-state index < -0.39 is 0 Å². The average molecular weight is 340 g/mol. The summed E-state index contributed by atoms with van der Waals surface area (Å²) in [5.41, 5.74) is 7.65. The first-order valence-electron chi connectivity index (χ1n) is 8.82. The number of pyridine rings is 1. The van der Waals surface area contributed by atoms with Crippen molar-refractivity contribution < 1.29 is 4.79 Å². The fourth-order valence-corrected chi connectivity index (χ4v) is 2.86. The summed E-state index contributed by atoms with van der Waals surface area (Å²) in [6, 6.07) is 13.9. The van der Waals surface area contributed by atoms with Gasteiger partial charge in [-0.1, -0.05) is 38.1 Å². The maximum absolute atomic E-state index is 12.7. The van der Waals surface area contributed by atoms with Crippen molar-refractivity contribution >= 4 is 11.6 Å². The predicted molar refractivity (Wildman–Crippen MR) is 102 cm³/mol. The summed E-state index contributed by atoms with van der Waals surface area (Å²) in [7, 11) is 0. The third-order valence-corrected chi connectivity index (χ3v) is 4.70. The molecule has 2 rings (SSSR count). The number of nitrogens with two attached hydrogens (primary N) is 1. The number of benzene rings is 1. The van der Waals surface area contributed by atoms with Crippen LogP contribution in [0.15, 0.2) is 54.9 Å². The lowest BCUT2D eigenvalue weighted by Gasteiger charge is -2.33. The third kappa shape index (κ3) is 5.29. The van der Waals surface area contributed by atoms with Gasteiger partial charge in [0.05, 0.1) is 12.1 Å². The van der Waals surface area contributed by atoms with Gasteiger partial charge in [-0.25, -0.2) is 0 Å². The van der Waals surface area contributed by atoms with Gasteiger partial charge in [0.1, 0.15) is 0 Å². The highest BCUT2D eigenvalue weighted by molar-refractivity contribution is 5.82. The Balaban J connectivity index is 2.14. The number of aromatic nitrogens is 1. The Kier molecular flexibility index (Phi) is 6.95. The number of rotatable bonds is 9. The Morgan fingerprint density at radius 1 is 1.16 bits per heavy atom. The molecule has 0 unspecified atom stereocenters. The van der Waals surface area contributed by atoms with E-state index in [0.717, 1.165) is 24.1 Å². The van der Waals surface area contributed by atoms with Crippen molar-refractivity contribution in [1.29, 1.82) is 0 Å². The second kappa shape index (κ2) is 9.18. The van der Waals surface area contributed by atoms with Gasteiger partial charge in [-0.05, 0) is 36.6 Å². The van der Waals surface area contributed by atoms with Crippen LogP contribution in [0.3, 0.4) is 0 Å². The number of hydrogen-bond acceptors (Lipinski definition) is 4. The molecule has 0 spiro atoms. The number of amides is 1. The first-order valence-corrected chi connectivity index (χ1v) is 8.82. The van der Waals surface area contributed by atoms with Crippen molar-refractivity contribution in [2.24, 2.45) is 5.73 Å². The third-order valence-electron chi connectivity index (χ3n) is 4.70. The molecule has 0 fully saturated rings. The summed E-state index contributed by atoms with van der Waals surface area (Å²) < 4.78 is 0. The molecular weight excluding hydrogens is 312 g/mol. The van der Waals surface area contributed by atoms with E-state index in [1.165, 1.54) is 0 Å². The minimum Gasteiger partial charge on any atom is -0.358 e. The Morgan fingerprint density at radius 3 is 2.44 bits per heavy atom. The quantitative estimate of drug-likeness (QED) is 0.736. The lowest BCUT2D eigenvalue weighted by molar-refractivity contribution is -0.121. The molecule has 5 nitrogen and oxygen atoms in total. The first kappa shape index (κ1) is 18.9. The van der Waals surface area contributed by atoms with Gasteiger partial charge in [0.15, 0.2) is 0 Å². The zero-order chi connectivity index (χ0) is 18.1. The van der Waals surface area contributed by atoms with Crippen LogP contribution >= 0.6 is 0 Å². The fourth-order valence-electron chi connectivity index (χ4n) is 2.86. The van der Waals surface area contributed by atoms with Crippen LogP contribution in [0.5, 0.6) is 0 Å². The highest BCUT2D eigenvalue weighted by Crippen LogP contribution is 2.17. The van der Waals surface area contributed by atoms with Gasteiger partial charge >= 0.3 is 0 Å². The number of carbonyl (C=O) groups is 1. The monoisotopic (exact) mass is 340 g/mol. The maximum Gasteiger partial charge on any atom is 0.240 e. The molecule has 0 radical (unpaired) electrons. The summed E-state index contributed by atoms with van der Waals surface area (Å²) in [5, 5.41) is 3.14. The van der Waals surface area contributed by atoms with Gasteiger partial charge in [-0.3, -0.25) is 9.78 Å². The standard InChI is InChI=1S/C20H28N4O/c1-3-20(4-2,16-21)23-19(25)15-24(18-10-6-5-7-11-18)14-17-9-8-12-22-13-17/h5-13H,3-4,14-16,21H2,1-2H3,(H,23,25). The molecule has 0 aliphatic carbocycles. The van der Waals surface area contributed by atoms with Crippen LogP contribution < -0.4 is 16.0 Å². The van der Waals surface area contributed by atoms with Crippen LogP contribution in [0.1, 0.15) is 32.3 Å². The van der Waals surface area contributed by atoms with Crippen molar-refractivity contribution in [3.05, 3.63) is 60.4 Å². The van der Waals surface area contributed by atoms with Crippen LogP contribution in [-0.4, -0.2) is 29.5 Å². The Hall–Kier alpha value is -2.40. The SMILES string of the molecule is CCC(CC)(CN)NC(=O)CN(Cc1cccnc1)c1ccccc1. The fraction of sp³-hybridized carbons (Fsp3) is 0.400. The molecule has 1 amide bonds. The Labute approximate surface area is 150 Å². The van der Waals surface area contributed by atoms with Crippen molar-refractivity contribution in [1.82, 2.24) is 10.3 Å². The predicted octanol–water partition coefficient (Wildman–Crippen LogP) is 2.72. The van der Waals surface area contributed by atoms with Crippen molar-refractivity contribution in [2.45, 2.75) is 38.8 Å².